The largest absolute Gasteiger partial charge is 0.392 e. The lowest BCUT2D eigenvalue weighted by atomic mass is 9.74. The highest BCUT2D eigenvalue weighted by Crippen LogP contribution is 2.44. The van der Waals surface area contributed by atoms with Crippen molar-refractivity contribution in [2.75, 3.05) is 44.6 Å². The zero-order chi connectivity index (χ0) is 26.0. The third kappa shape index (κ3) is 5.53. The predicted molar refractivity (Wildman–Crippen MR) is 138 cm³/mol. The van der Waals surface area contributed by atoms with Gasteiger partial charge in [-0.3, -0.25) is 4.79 Å². The number of hydrogen-bond donors (Lipinski definition) is 2. The summed E-state index contributed by atoms with van der Waals surface area (Å²) in [5.41, 5.74) is 3.46. The number of β-amino-alcohol motifs (C(OH)–C–C–N with tert-alkyl or cyclic N) is 1. The average molecular weight is 507 g/mol. The molecule has 5 rings (SSSR count). The molecule has 37 heavy (non-hydrogen) atoms. The summed E-state index contributed by atoms with van der Waals surface area (Å²) in [7, 11) is 0. The van der Waals surface area contributed by atoms with Gasteiger partial charge in [-0.05, 0) is 86.2 Å². The number of aliphatic hydroxyl groups excluding tert-OH is 1. The molecule has 0 saturated carbocycles. The van der Waals surface area contributed by atoms with Crippen LogP contribution < -0.4 is 5.32 Å². The van der Waals surface area contributed by atoms with Gasteiger partial charge in [0.15, 0.2) is 0 Å². The van der Waals surface area contributed by atoms with Gasteiger partial charge in [0.25, 0.3) is 0 Å². The number of fused-ring (bicyclic) bond motifs is 2. The number of amides is 1. The van der Waals surface area contributed by atoms with Crippen LogP contribution in [-0.4, -0.2) is 66.2 Å². The number of likely N-dealkylation sites (tertiary alicyclic amines) is 2. The number of halogens is 2. The van der Waals surface area contributed by atoms with E-state index in [4.69, 9.17) is 5.26 Å². The highest BCUT2D eigenvalue weighted by atomic mass is 19.1. The van der Waals surface area contributed by atoms with E-state index in [1.165, 1.54) is 29.8 Å². The van der Waals surface area contributed by atoms with Crippen LogP contribution in [0.4, 0.5) is 14.5 Å². The van der Waals surface area contributed by atoms with Crippen molar-refractivity contribution in [3.63, 3.8) is 0 Å². The molecular formula is C29H32F2N4O2. The van der Waals surface area contributed by atoms with Crippen LogP contribution in [0.2, 0.25) is 0 Å². The molecule has 0 aromatic heterocycles. The number of hydrogen-bond acceptors (Lipinski definition) is 5. The number of anilines is 1. The molecule has 0 radical (unpaired) electrons. The Morgan fingerprint density at radius 2 is 1.84 bits per heavy atom. The van der Waals surface area contributed by atoms with Gasteiger partial charge < -0.3 is 20.2 Å². The molecule has 0 unspecified atom stereocenters. The summed E-state index contributed by atoms with van der Waals surface area (Å²) in [6.45, 7) is 4.47. The van der Waals surface area contributed by atoms with Crippen molar-refractivity contribution in [2.45, 2.75) is 37.2 Å². The van der Waals surface area contributed by atoms with Gasteiger partial charge in [-0.15, -0.1) is 0 Å². The Bertz CT molecular complexity index is 1200. The van der Waals surface area contributed by atoms with E-state index in [2.05, 4.69) is 22.4 Å². The van der Waals surface area contributed by atoms with E-state index < -0.39 is 17.7 Å². The molecule has 3 heterocycles. The van der Waals surface area contributed by atoms with E-state index in [0.29, 0.717) is 30.8 Å². The number of piperidine rings is 2. The second-order valence-corrected chi connectivity index (χ2v) is 10.6. The molecule has 2 saturated heterocycles. The molecular weight excluding hydrogens is 474 g/mol. The minimum Gasteiger partial charge on any atom is -0.392 e. The van der Waals surface area contributed by atoms with Crippen LogP contribution in [-0.2, 0) is 10.2 Å². The summed E-state index contributed by atoms with van der Waals surface area (Å²) in [4.78, 5) is 16.6. The van der Waals surface area contributed by atoms with Crippen molar-refractivity contribution in [1.82, 2.24) is 9.80 Å². The zero-order valence-corrected chi connectivity index (χ0v) is 20.8. The van der Waals surface area contributed by atoms with Gasteiger partial charge >= 0.3 is 0 Å². The summed E-state index contributed by atoms with van der Waals surface area (Å²) in [5, 5.41) is 23.6. The molecule has 3 aliphatic rings. The molecule has 3 aliphatic heterocycles. The van der Waals surface area contributed by atoms with Crippen LogP contribution in [0, 0.1) is 28.9 Å². The fourth-order valence-electron chi connectivity index (χ4n) is 6.05. The number of nitrogens with one attached hydrogen (secondary N) is 1. The summed E-state index contributed by atoms with van der Waals surface area (Å²) in [6.07, 6.45) is 5.83. The van der Waals surface area contributed by atoms with Gasteiger partial charge in [-0.1, -0.05) is 6.07 Å². The monoisotopic (exact) mass is 506 g/mol. The lowest BCUT2D eigenvalue weighted by Crippen LogP contribution is -2.48. The highest BCUT2D eigenvalue weighted by molar-refractivity contribution is 5.91. The first kappa shape index (κ1) is 25.4. The van der Waals surface area contributed by atoms with E-state index in [9.17, 15) is 18.7 Å². The molecule has 2 fully saturated rings. The first-order chi connectivity index (χ1) is 17.8. The lowest BCUT2D eigenvalue weighted by Gasteiger charge is -2.41. The Hall–Kier alpha value is -3.28. The van der Waals surface area contributed by atoms with Crippen molar-refractivity contribution in [3.05, 3.63) is 70.8 Å². The fourth-order valence-corrected chi connectivity index (χ4v) is 6.05. The Labute approximate surface area is 216 Å². The topological polar surface area (TPSA) is 79.6 Å². The van der Waals surface area contributed by atoms with E-state index >= 15 is 0 Å². The molecule has 2 aromatic rings. The van der Waals surface area contributed by atoms with Crippen molar-refractivity contribution >= 4 is 17.7 Å². The first-order valence-corrected chi connectivity index (χ1v) is 13.0. The first-order valence-electron chi connectivity index (χ1n) is 13.0. The zero-order valence-electron chi connectivity index (χ0n) is 20.8. The number of aliphatic hydroxyl groups is 1. The van der Waals surface area contributed by atoms with Gasteiger partial charge in [0.2, 0.25) is 5.91 Å². The molecule has 194 valence electrons. The number of nitriles is 1. The van der Waals surface area contributed by atoms with Crippen molar-refractivity contribution < 1.29 is 18.7 Å². The molecule has 2 aromatic carbocycles. The fraction of sp³-hybridized carbons (Fsp3) is 0.448. The molecule has 8 heteroatoms. The second kappa shape index (κ2) is 10.6. The van der Waals surface area contributed by atoms with Gasteiger partial charge in [0, 0.05) is 49.4 Å². The average Bonchev–Trinajstić information content (AvgIpc) is 3.25. The second-order valence-electron chi connectivity index (χ2n) is 10.6. The standard InChI is InChI=1S/C29H32F2N4O2/c30-23-13-20(14-24(31)16-23)2-4-28(37)35-9-5-22(6-10-35)27(36)18-34-11-7-29(8-12-34)19-33-26-15-21(17-32)1-3-25(26)29/h1-4,13-16,22,27,33,36H,5-12,18-19H2/t27-/m1/s1. The number of carbonyl (C=O) groups is 1. The van der Waals surface area contributed by atoms with Crippen molar-refractivity contribution in [2.24, 2.45) is 5.92 Å². The maximum atomic E-state index is 13.3. The van der Waals surface area contributed by atoms with Crippen molar-refractivity contribution in [3.8, 4) is 6.07 Å². The van der Waals surface area contributed by atoms with Crippen LogP contribution in [0.15, 0.2) is 42.5 Å². The number of benzene rings is 2. The number of rotatable bonds is 5. The van der Waals surface area contributed by atoms with Crippen molar-refractivity contribution in [1.29, 1.82) is 5.26 Å². The number of nitrogens with zero attached hydrogens (tertiary/aromatic N) is 3. The maximum Gasteiger partial charge on any atom is 0.246 e. The maximum absolute atomic E-state index is 13.3. The van der Waals surface area contributed by atoms with E-state index in [0.717, 1.165) is 57.1 Å². The van der Waals surface area contributed by atoms with Crippen LogP contribution in [0.5, 0.6) is 0 Å². The van der Waals surface area contributed by atoms with Gasteiger partial charge in [-0.2, -0.15) is 5.26 Å². The predicted octanol–water partition coefficient (Wildman–Crippen LogP) is 3.91. The van der Waals surface area contributed by atoms with Gasteiger partial charge in [0.05, 0.1) is 17.7 Å². The summed E-state index contributed by atoms with van der Waals surface area (Å²) < 4.78 is 26.7. The van der Waals surface area contributed by atoms with Crippen LogP contribution in [0.25, 0.3) is 6.08 Å². The van der Waals surface area contributed by atoms with Crippen LogP contribution in [0.3, 0.4) is 0 Å². The molecule has 1 spiro atoms. The van der Waals surface area contributed by atoms with E-state index in [1.807, 2.05) is 12.1 Å². The third-order valence-electron chi connectivity index (χ3n) is 8.29. The van der Waals surface area contributed by atoms with Gasteiger partial charge in [0.1, 0.15) is 11.6 Å². The normalized spacial score (nSPS) is 20.5. The summed E-state index contributed by atoms with van der Waals surface area (Å²) >= 11 is 0. The van der Waals surface area contributed by atoms with Crippen LogP contribution in [0.1, 0.15) is 42.4 Å². The van der Waals surface area contributed by atoms with E-state index in [-0.39, 0.29) is 17.2 Å². The summed E-state index contributed by atoms with van der Waals surface area (Å²) in [5.74, 6) is -1.40. The smallest absolute Gasteiger partial charge is 0.246 e. The quantitative estimate of drug-likeness (QED) is 0.602. The lowest BCUT2D eigenvalue weighted by molar-refractivity contribution is -0.128. The third-order valence-corrected chi connectivity index (χ3v) is 8.29. The number of carbonyl (C=O) groups excluding carboxylic acids is 1. The van der Waals surface area contributed by atoms with E-state index in [1.54, 1.807) is 4.90 Å². The SMILES string of the molecule is N#Cc1ccc2c(c1)NCC21CCN(C[C@@H](O)C2CCN(C(=O)C=Cc3cc(F)cc(F)c3)CC2)CC1. The Morgan fingerprint density at radius 1 is 1.14 bits per heavy atom. The molecule has 0 aliphatic carbocycles. The molecule has 2 N–H and O–H groups in total. The van der Waals surface area contributed by atoms with Gasteiger partial charge in [-0.25, -0.2) is 8.78 Å². The molecule has 1 atom stereocenters. The molecule has 1 amide bonds. The molecule has 6 nitrogen and oxygen atoms in total. The Morgan fingerprint density at radius 3 is 2.51 bits per heavy atom. The summed E-state index contributed by atoms with van der Waals surface area (Å²) in [6, 6.07) is 11.3. The Kier molecular flexibility index (Phi) is 7.27. The minimum absolute atomic E-state index is 0.0985. The van der Waals surface area contributed by atoms with Crippen LogP contribution >= 0.6 is 0 Å². The highest BCUT2D eigenvalue weighted by Gasteiger charge is 2.42. The molecule has 0 bridgehead atoms. The minimum atomic E-state index is -0.676. The Balaban J connectivity index is 1.08.